The highest BCUT2D eigenvalue weighted by atomic mass is 16.5. The fourth-order valence-corrected chi connectivity index (χ4v) is 1.88. The molecule has 3 aromatic rings. The van der Waals surface area contributed by atoms with E-state index >= 15 is 0 Å². The van der Waals surface area contributed by atoms with Crippen LogP contribution in [-0.2, 0) is 13.2 Å². The molecule has 2 N–H and O–H groups in total. The topological polar surface area (TPSA) is 74.2 Å². The molecule has 21 heavy (non-hydrogen) atoms. The van der Waals surface area contributed by atoms with E-state index in [1.54, 1.807) is 0 Å². The van der Waals surface area contributed by atoms with Crippen molar-refractivity contribution in [1.29, 1.82) is 0 Å². The fraction of sp³-hybridized carbons (Fsp3) is 0.125. The third-order valence-corrected chi connectivity index (χ3v) is 3.02. The molecule has 0 amide bonds. The molecule has 1 aromatic heterocycles. The lowest BCUT2D eigenvalue weighted by Gasteiger charge is -2.01. The molecule has 0 atom stereocenters. The smallest absolute Gasteiger partial charge is 0.258 e. The molecule has 1 heterocycles. The van der Waals surface area contributed by atoms with E-state index in [-0.39, 0.29) is 6.61 Å². The Hall–Kier alpha value is -2.66. The molecule has 0 aliphatic carbocycles. The average molecular weight is 281 g/mol. The Morgan fingerprint density at radius 1 is 1.00 bits per heavy atom. The highest BCUT2D eigenvalue weighted by Crippen LogP contribution is 2.18. The Balaban J connectivity index is 1.68. The van der Waals surface area contributed by atoms with Crippen LogP contribution in [0.15, 0.2) is 59.1 Å². The molecule has 2 aromatic carbocycles. The Labute approximate surface area is 122 Å². The second-order valence-electron chi connectivity index (χ2n) is 4.52. The first-order valence-corrected chi connectivity index (χ1v) is 6.65. The normalized spacial score (nSPS) is 10.5. The van der Waals surface area contributed by atoms with Crippen LogP contribution in [0.25, 0.3) is 11.5 Å². The molecule has 0 spiro atoms. The summed E-state index contributed by atoms with van der Waals surface area (Å²) in [5.41, 5.74) is 7.50. The van der Waals surface area contributed by atoms with E-state index in [4.69, 9.17) is 15.0 Å². The highest BCUT2D eigenvalue weighted by Gasteiger charge is 2.09. The lowest BCUT2D eigenvalue weighted by molar-refractivity contribution is 0.287. The zero-order valence-corrected chi connectivity index (χ0v) is 11.4. The summed E-state index contributed by atoms with van der Waals surface area (Å²) in [6, 6.07) is 17.2. The lowest BCUT2D eigenvalue weighted by atomic mass is 10.1. The van der Waals surface area contributed by atoms with Gasteiger partial charge in [-0.25, -0.2) is 0 Å². The summed E-state index contributed by atoms with van der Waals surface area (Å²) in [6.07, 6.45) is 0. The average Bonchev–Trinajstić information content (AvgIpc) is 3.03. The van der Waals surface area contributed by atoms with Crippen LogP contribution in [0.3, 0.4) is 0 Å². The predicted octanol–water partition coefficient (Wildman–Crippen LogP) is 2.77. The third-order valence-electron chi connectivity index (χ3n) is 3.02. The van der Waals surface area contributed by atoms with Gasteiger partial charge in [-0.15, -0.1) is 0 Å². The van der Waals surface area contributed by atoms with Crippen LogP contribution >= 0.6 is 0 Å². The van der Waals surface area contributed by atoms with Gasteiger partial charge in [0.2, 0.25) is 5.82 Å². The van der Waals surface area contributed by atoms with E-state index in [9.17, 15) is 0 Å². The number of nitrogens with two attached hydrogens (primary N) is 1. The van der Waals surface area contributed by atoms with Gasteiger partial charge in [-0.3, -0.25) is 0 Å². The van der Waals surface area contributed by atoms with Gasteiger partial charge in [0.05, 0.1) is 0 Å². The summed E-state index contributed by atoms with van der Waals surface area (Å²) >= 11 is 0. The first-order valence-electron chi connectivity index (χ1n) is 6.65. The summed E-state index contributed by atoms with van der Waals surface area (Å²) in [5.74, 6) is 1.76. The molecule has 0 aliphatic rings. The second kappa shape index (κ2) is 6.19. The maximum atomic E-state index is 5.58. The first kappa shape index (κ1) is 13.3. The van der Waals surface area contributed by atoms with Crippen molar-refractivity contribution < 1.29 is 9.26 Å². The molecule has 0 saturated carbocycles. The molecule has 0 radical (unpaired) electrons. The van der Waals surface area contributed by atoms with Crippen LogP contribution in [0.2, 0.25) is 0 Å². The van der Waals surface area contributed by atoms with Crippen LogP contribution in [0.4, 0.5) is 0 Å². The number of para-hydroxylation sites is 1. The Morgan fingerprint density at radius 2 is 1.76 bits per heavy atom. The summed E-state index contributed by atoms with van der Waals surface area (Å²) in [6.45, 7) is 0.786. The molecule has 106 valence electrons. The summed E-state index contributed by atoms with van der Waals surface area (Å²) < 4.78 is 10.8. The number of nitrogens with zero attached hydrogens (tertiary/aromatic N) is 2. The van der Waals surface area contributed by atoms with Crippen molar-refractivity contribution in [3.8, 4) is 17.2 Å². The summed E-state index contributed by atoms with van der Waals surface area (Å²) in [4.78, 5) is 4.32. The Morgan fingerprint density at radius 3 is 2.48 bits per heavy atom. The van der Waals surface area contributed by atoms with Gasteiger partial charge >= 0.3 is 0 Å². The van der Waals surface area contributed by atoms with Gasteiger partial charge in [0.25, 0.3) is 5.89 Å². The van der Waals surface area contributed by atoms with Crippen molar-refractivity contribution in [2.75, 3.05) is 0 Å². The zero-order valence-electron chi connectivity index (χ0n) is 11.4. The molecular weight excluding hydrogens is 266 g/mol. The monoisotopic (exact) mass is 281 g/mol. The van der Waals surface area contributed by atoms with Gasteiger partial charge in [-0.05, 0) is 29.8 Å². The molecule has 0 unspecified atom stereocenters. The first-order chi connectivity index (χ1) is 10.3. The Kier molecular flexibility index (Phi) is 3.93. The molecule has 0 fully saturated rings. The number of aromatic nitrogens is 2. The van der Waals surface area contributed by atoms with Crippen LogP contribution in [0.5, 0.6) is 5.75 Å². The minimum atomic E-state index is 0.272. The van der Waals surface area contributed by atoms with E-state index in [1.165, 1.54) is 0 Å². The summed E-state index contributed by atoms with van der Waals surface area (Å²) in [5, 5.41) is 3.91. The molecule has 0 bridgehead atoms. The van der Waals surface area contributed by atoms with Crippen molar-refractivity contribution in [3.63, 3.8) is 0 Å². The van der Waals surface area contributed by atoms with Crippen LogP contribution in [-0.4, -0.2) is 10.1 Å². The van der Waals surface area contributed by atoms with Crippen molar-refractivity contribution >= 4 is 0 Å². The second-order valence-corrected chi connectivity index (χ2v) is 4.52. The molecule has 5 nitrogen and oxygen atoms in total. The van der Waals surface area contributed by atoms with Gasteiger partial charge in [-0.2, -0.15) is 4.98 Å². The number of rotatable bonds is 5. The van der Waals surface area contributed by atoms with Crippen molar-refractivity contribution in [2.45, 2.75) is 13.2 Å². The van der Waals surface area contributed by atoms with E-state index < -0.39 is 0 Å². The Bertz CT molecular complexity index is 693. The van der Waals surface area contributed by atoms with Crippen molar-refractivity contribution in [1.82, 2.24) is 10.1 Å². The molecule has 5 heteroatoms. The summed E-state index contributed by atoms with van der Waals surface area (Å²) in [7, 11) is 0. The van der Waals surface area contributed by atoms with E-state index in [1.807, 2.05) is 54.6 Å². The number of benzene rings is 2. The van der Waals surface area contributed by atoms with Crippen LogP contribution in [0, 0.1) is 0 Å². The van der Waals surface area contributed by atoms with Gasteiger partial charge in [0.15, 0.2) is 6.61 Å². The van der Waals surface area contributed by atoms with Crippen molar-refractivity contribution in [3.05, 3.63) is 66.0 Å². The predicted molar refractivity (Wildman–Crippen MR) is 78.4 cm³/mol. The van der Waals surface area contributed by atoms with Gasteiger partial charge in [0.1, 0.15) is 5.75 Å². The minimum Gasteiger partial charge on any atom is -0.485 e. The quantitative estimate of drug-likeness (QED) is 0.778. The minimum absolute atomic E-state index is 0.272. The van der Waals surface area contributed by atoms with E-state index in [0.29, 0.717) is 18.3 Å². The lowest BCUT2D eigenvalue weighted by Crippen LogP contribution is -1.97. The zero-order chi connectivity index (χ0) is 14.5. The largest absolute Gasteiger partial charge is 0.485 e. The number of hydrogen-bond acceptors (Lipinski definition) is 5. The van der Waals surface area contributed by atoms with Gasteiger partial charge < -0.3 is 15.0 Å². The molecule has 3 rings (SSSR count). The highest BCUT2D eigenvalue weighted by molar-refractivity contribution is 5.53. The van der Waals surface area contributed by atoms with Gasteiger partial charge in [-0.1, -0.05) is 35.5 Å². The fourth-order valence-electron chi connectivity index (χ4n) is 1.88. The maximum absolute atomic E-state index is 5.58. The SMILES string of the molecule is NCc1ccc(-c2nc(COc3ccccc3)no2)cc1. The van der Waals surface area contributed by atoms with E-state index in [0.717, 1.165) is 16.9 Å². The molecule has 0 aliphatic heterocycles. The third kappa shape index (κ3) is 3.27. The van der Waals surface area contributed by atoms with Crippen LogP contribution < -0.4 is 10.5 Å². The van der Waals surface area contributed by atoms with Crippen molar-refractivity contribution in [2.24, 2.45) is 5.73 Å². The standard InChI is InChI=1S/C16H15N3O2/c17-10-12-6-8-13(9-7-12)16-18-15(19-21-16)11-20-14-4-2-1-3-5-14/h1-9H,10-11,17H2. The van der Waals surface area contributed by atoms with E-state index in [2.05, 4.69) is 10.1 Å². The number of hydrogen-bond donors (Lipinski definition) is 1. The number of ether oxygens (including phenoxy) is 1. The molecule has 0 saturated heterocycles. The molecular formula is C16H15N3O2. The maximum Gasteiger partial charge on any atom is 0.258 e. The van der Waals surface area contributed by atoms with Crippen LogP contribution in [0.1, 0.15) is 11.4 Å². The van der Waals surface area contributed by atoms with Gasteiger partial charge in [0, 0.05) is 12.1 Å².